The Morgan fingerprint density at radius 1 is 0.738 bits per heavy atom. The Balaban J connectivity index is 1.58. The van der Waals surface area contributed by atoms with Gasteiger partial charge in [-0.05, 0) is 136 Å². The zero-order chi connectivity index (χ0) is 31.6. The molecule has 2 aliphatic carbocycles. The molecule has 42 heavy (non-hydrogen) atoms. The van der Waals surface area contributed by atoms with Crippen molar-refractivity contribution in [1.82, 2.24) is 16.0 Å². The van der Waals surface area contributed by atoms with Crippen molar-refractivity contribution in [2.45, 2.75) is 175 Å². The van der Waals surface area contributed by atoms with Crippen LogP contribution in [0.1, 0.15) is 146 Å². The van der Waals surface area contributed by atoms with Crippen LogP contribution < -0.4 is 21.7 Å². The number of carbonyl (C=O) groups excluding carboxylic acids is 2. The average molecular weight is 595 g/mol. The lowest BCUT2D eigenvalue weighted by Crippen LogP contribution is -2.44. The summed E-state index contributed by atoms with van der Waals surface area (Å²) in [6.45, 7) is 20.0. The lowest BCUT2D eigenvalue weighted by Gasteiger charge is -2.39. The predicted molar refractivity (Wildman–Crippen MR) is 173 cm³/mol. The number of ether oxygens (including phenoxy) is 2. The number of nitrogens with two attached hydrogens (primary N) is 1. The van der Waals surface area contributed by atoms with Crippen molar-refractivity contribution in [2.24, 2.45) is 23.0 Å². The van der Waals surface area contributed by atoms with E-state index in [1.54, 1.807) is 0 Å². The fraction of sp³-hybridized carbons (Fsp3) is 0.941. The van der Waals surface area contributed by atoms with Gasteiger partial charge in [0.1, 0.15) is 5.60 Å². The lowest BCUT2D eigenvalue weighted by molar-refractivity contribution is -0.104. The lowest BCUT2D eigenvalue weighted by atomic mass is 9.76. The first-order valence-corrected chi connectivity index (χ1v) is 16.8. The minimum atomic E-state index is -0.578. The van der Waals surface area contributed by atoms with E-state index in [2.05, 4.69) is 50.6 Å². The van der Waals surface area contributed by atoms with Crippen LogP contribution in [0.15, 0.2) is 0 Å². The van der Waals surface area contributed by atoms with Crippen LogP contribution in [0, 0.1) is 17.3 Å². The van der Waals surface area contributed by atoms with E-state index in [-0.39, 0.29) is 40.8 Å². The second-order valence-electron chi connectivity index (χ2n) is 16.2. The summed E-state index contributed by atoms with van der Waals surface area (Å²) in [5.41, 5.74) is 5.09. The summed E-state index contributed by atoms with van der Waals surface area (Å²) in [6.07, 6.45) is 13.4. The van der Waals surface area contributed by atoms with E-state index in [0.717, 1.165) is 69.6 Å². The van der Waals surface area contributed by atoms with E-state index in [9.17, 15) is 9.59 Å². The summed E-state index contributed by atoms with van der Waals surface area (Å²) in [6, 6.07) is 0.452. The summed E-state index contributed by atoms with van der Waals surface area (Å²) in [7, 11) is 0. The van der Waals surface area contributed by atoms with Crippen molar-refractivity contribution in [2.75, 3.05) is 13.2 Å². The summed E-state index contributed by atoms with van der Waals surface area (Å²) in [5.74, 6) is 1.48. The maximum atomic E-state index is 12.7. The first-order valence-electron chi connectivity index (χ1n) is 16.8. The molecule has 0 bridgehead atoms. The van der Waals surface area contributed by atoms with Crippen LogP contribution >= 0.6 is 0 Å². The van der Waals surface area contributed by atoms with E-state index in [4.69, 9.17) is 15.2 Å². The number of nitrogens with one attached hydrogen (secondary N) is 3. The molecule has 0 atom stereocenters. The Kier molecular flexibility index (Phi) is 13.9. The number of carbonyl (C=O) groups is 2. The molecule has 0 heterocycles. The van der Waals surface area contributed by atoms with E-state index in [1.807, 2.05) is 27.7 Å². The largest absolute Gasteiger partial charge is 0.443 e. The molecule has 5 N–H and O–H groups in total. The zero-order valence-electron chi connectivity index (χ0n) is 28.6. The SMILES string of the molecule is CC(C)(N)CCCCNC(=O)NC1CCC(CC2CCC(NC(=O)OC(C)(C)CCOC(C)(C)C(C)(C)C)CC2)CC1. The molecule has 0 aromatic rings. The summed E-state index contributed by atoms with van der Waals surface area (Å²) >= 11 is 0. The number of hydrogen-bond donors (Lipinski definition) is 4. The van der Waals surface area contributed by atoms with Gasteiger partial charge in [0.15, 0.2) is 0 Å². The van der Waals surface area contributed by atoms with Crippen molar-refractivity contribution in [3.63, 3.8) is 0 Å². The molecule has 8 nitrogen and oxygen atoms in total. The summed E-state index contributed by atoms with van der Waals surface area (Å²) < 4.78 is 12.0. The molecular weight excluding hydrogens is 528 g/mol. The Morgan fingerprint density at radius 2 is 1.26 bits per heavy atom. The van der Waals surface area contributed by atoms with E-state index in [0.29, 0.717) is 19.6 Å². The van der Waals surface area contributed by atoms with Gasteiger partial charge in [0.05, 0.1) is 12.2 Å². The van der Waals surface area contributed by atoms with Crippen molar-refractivity contribution in [1.29, 1.82) is 0 Å². The fourth-order valence-corrected chi connectivity index (χ4v) is 5.97. The van der Waals surface area contributed by atoms with Crippen molar-refractivity contribution >= 4 is 12.1 Å². The number of hydrogen-bond acceptors (Lipinski definition) is 5. The Labute approximate surface area is 257 Å². The fourth-order valence-electron chi connectivity index (χ4n) is 5.97. The van der Waals surface area contributed by atoms with Crippen LogP contribution in [-0.2, 0) is 9.47 Å². The maximum absolute atomic E-state index is 12.7. The van der Waals surface area contributed by atoms with E-state index < -0.39 is 5.60 Å². The van der Waals surface area contributed by atoms with Gasteiger partial charge in [-0.1, -0.05) is 20.8 Å². The van der Waals surface area contributed by atoms with Gasteiger partial charge in [0.25, 0.3) is 0 Å². The van der Waals surface area contributed by atoms with Crippen LogP contribution in [-0.4, -0.2) is 54.1 Å². The molecule has 0 radical (unpaired) electrons. The molecule has 246 valence electrons. The topological polar surface area (TPSA) is 115 Å². The van der Waals surface area contributed by atoms with Gasteiger partial charge in [-0.15, -0.1) is 0 Å². The molecule has 0 unspecified atom stereocenters. The van der Waals surface area contributed by atoms with Crippen LogP contribution in [0.25, 0.3) is 0 Å². The smallest absolute Gasteiger partial charge is 0.407 e. The highest BCUT2D eigenvalue weighted by atomic mass is 16.6. The number of unbranched alkanes of at least 4 members (excludes halogenated alkanes) is 1. The minimum absolute atomic E-state index is 0.0315. The van der Waals surface area contributed by atoms with Crippen molar-refractivity contribution in [3.05, 3.63) is 0 Å². The normalized spacial score (nSPS) is 24.1. The van der Waals surface area contributed by atoms with Crippen molar-refractivity contribution < 1.29 is 19.1 Å². The molecule has 8 heteroatoms. The van der Waals surface area contributed by atoms with Gasteiger partial charge in [0, 0.05) is 30.6 Å². The molecule has 0 aromatic carbocycles. The molecule has 2 saturated carbocycles. The second kappa shape index (κ2) is 16.0. The van der Waals surface area contributed by atoms with E-state index in [1.165, 1.54) is 19.3 Å². The molecule has 2 fully saturated rings. The predicted octanol–water partition coefficient (Wildman–Crippen LogP) is 7.44. The Hall–Kier alpha value is -1.54. The highest BCUT2D eigenvalue weighted by molar-refractivity contribution is 5.74. The third-order valence-electron chi connectivity index (χ3n) is 9.89. The number of rotatable bonds is 14. The standard InChI is InChI=1S/C34H66N4O4/c1-31(2,3)34(8,9)41-23-21-33(6,7)42-30(40)38-28-18-14-26(15-19-28)24-25-12-16-27(17-13-25)37-29(39)36-22-11-10-20-32(4,5)35/h25-28H,10-24,35H2,1-9H3,(H,38,40)(H2,36,37,39). The highest BCUT2D eigenvalue weighted by Gasteiger charge is 2.35. The minimum Gasteiger partial charge on any atom is -0.443 e. The average Bonchev–Trinajstić information content (AvgIpc) is 2.84. The zero-order valence-corrected chi connectivity index (χ0v) is 28.6. The Morgan fingerprint density at radius 3 is 1.76 bits per heavy atom. The van der Waals surface area contributed by atoms with Crippen LogP contribution in [0.2, 0.25) is 0 Å². The molecule has 2 aliphatic rings. The first-order chi connectivity index (χ1) is 19.4. The van der Waals surface area contributed by atoms with Gasteiger partial charge in [-0.3, -0.25) is 0 Å². The van der Waals surface area contributed by atoms with Crippen molar-refractivity contribution in [3.8, 4) is 0 Å². The van der Waals surface area contributed by atoms with E-state index >= 15 is 0 Å². The molecule has 0 aliphatic heterocycles. The van der Waals surface area contributed by atoms with Gasteiger partial charge in [-0.25, -0.2) is 9.59 Å². The molecule has 0 saturated heterocycles. The first kappa shape index (κ1) is 36.7. The van der Waals surface area contributed by atoms with Crippen LogP contribution in [0.5, 0.6) is 0 Å². The Bertz CT molecular complexity index is 814. The highest BCUT2D eigenvalue weighted by Crippen LogP contribution is 2.36. The molecular formula is C34H66N4O4. The number of urea groups is 1. The van der Waals surface area contributed by atoms with Crippen LogP contribution in [0.4, 0.5) is 9.59 Å². The molecule has 0 aromatic heterocycles. The van der Waals surface area contributed by atoms with Gasteiger partial charge < -0.3 is 31.2 Å². The third kappa shape index (κ3) is 14.3. The molecule has 3 amide bonds. The van der Waals surface area contributed by atoms with Crippen LogP contribution in [0.3, 0.4) is 0 Å². The summed E-state index contributed by atoms with van der Waals surface area (Å²) in [5, 5.41) is 9.31. The second-order valence-corrected chi connectivity index (χ2v) is 16.2. The monoisotopic (exact) mass is 595 g/mol. The van der Waals surface area contributed by atoms with Gasteiger partial charge in [0.2, 0.25) is 0 Å². The number of amides is 3. The summed E-state index contributed by atoms with van der Waals surface area (Å²) in [4.78, 5) is 24.9. The van der Waals surface area contributed by atoms with Gasteiger partial charge >= 0.3 is 12.1 Å². The number of alkyl carbamates (subject to hydrolysis) is 1. The maximum Gasteiger partial charge on any atom is 0.407 e. The molecule has 0 spiro atoms. The third-order valence-corrected chi connectivity index (χ3v) is 9.89. The van der Waals surface area contributed by atoms with Gasteiger partial charge in [-0.2, -0.15) is 0 Å². The quantitative estimate of drug-likeness (QED) is 0.156. The molecule has 2 rings (SSSR count).